The third kappa shape index (κ3) is 3.46. The van der Waals surface area contributed by atoms with Gasteiger partial charge in [0.25, 0.3) is 5.91 Å². The number of rotatable bonds is 5. The van der Waals surface area contributed by atoms with E-state index in [2.05, 4.69) is 5.32 Å². The molecule has 9 heteroatoms. The average Bonchev–Trinajstić information content (AvgIpc) is 2.89. The summed E-state index contributed by atoms with van der Waals surface area (Å²) in [6.07, 6.45) is 0. The highest BCUT2D eigenvalue weighted by Crippen LogP contribution is 2.29. The molecule has 138 valence electrons. The van der Waals surface area contributed by atoms with Crippen LogP contribution < -0.4 is 5.32 Å². The maximum Gasteiger partial charge on any atom is 0.344 e. The van der Waals surface area contributed by atoms with Crippen molar-refractivity contribution in [2.24, 2.45) is 0 Å². The van der Waals surface area contributed by atoms with Gasteiger partial charge in [0.15, 0.2) is 23.2 Å². The number of anilines is 1. The zero-order valence-electron chi connectivity index (χ0n) is 14.0. The van der Waals surface area contributed by atoms with Crippen molar-refractivity contribution in [2.75, 3.05) is 11.9 Å². The molecule has 1 N–H and O–H groups in total. The van der Waals surface area contributed by atoms with Crippen LogP contribution in [0.1, 0.15) is 50.7 Å². The van der Waals surface area contributed by atoms with E-state index in [0.29, 0.717) is 6.07 Å². The molecule has 6 nitrogen and oxygen atoms in total. The van der Waals surface area contributed by atoms with Crippen LogP contribution in [0, 0.1) is 24.4 Å². The molecule has 2 aromatic rings. The highest BCUT2D eigenvalue weighted by Gasteiger charge is 2.29. The molecule has 0 unspecified atom stereocenters. The standard InChI is InChI=1S/C17H14F3NO5/c1-4-25-17(24)12-11(7(2)22)8(3)26-16(12)21-15(23)9-5-6-10(18)14(20)13(9)19/h5-6H,4H2,1-3H3,(H,21,23). The minimum absolute atomic E-state index is 0.00834. The molecule has 2 rings (SSSR count). The molecule has 0 saturated heterocycles. The van der Waals surface area contributed by atoms with Crippen molar-refractivity contribution in [3.05, 3.63) is 52.0 Å². The van der Waals surface area contributed by atoms with E-state index in [9.17, 15) is 27.6 Å². The van der Waals surface area contributed by atoms with Gasteiger partial charge in [-0.15, -0.1) is 0 Å². The first-order valence-electron chi connectivity index (χ1n) is 7.45. The summed E-state index contributed by atoms with van der Waals surface area (Å²) >= 11 is 0. The zero-order valence-corrected chi connectivity index (χ0v) is 14.0. The van der Waals surface area contributed by atoms with Crippen LogP contribution in [0.3, 0.4) is 0 Å². The Hall–Kier alpha value is -3.10. The first kappa shape index (κ1) is 19.2. The second-order valence-electron chi connectivity index (χ2n) is 5.19. The van der Waals surface area contributed by atoms with Gasteiger partial charge in [0.1, 0.15) is 11.3 Å². The van der Waals surface area contributed by atoms with Gasteiger partial charge in [-0.25, -0.2) is 18.0 Å². The lowest BCUT2D eigenvalue weighted by Crippen LogP contribution is -2.18. The molecule has 1 aromatic carbocycles. The van der Waals surface area contributed by atoms with Crippen LogP contribution in [-0.4, -0.2) is 24.3 Å². The fourth-order valence-electron chi connectivity index (χ4n) is 2.33. The molecule has 0 saturated carbocycles. The molecule has 0 aliphatic rings. The van der Waals surface area contributed by atoms with Gasteiger partial charge in [-0.1, -0.05) is 0 Å². The predicted molar refractivity (Wildman–Crippen MR) is 83.7 cm³/mol. The summed E-state index contributed by atoms with van der Waals surface area (Å²) in [7, 11) is 0. The number of nitrogens with one attached hydrogen (secondary N) is 1. The minimum atomic E-state index is -1.82. The van der Waals surface area contributed by atoms with E-state index in [0.717, 1.165) is 6.07 Å². The number of furan rings is 1. The van der Waals surface area contributed by atoms with Crippen LogP contribution in [0.2, 0.25) is 0 Å². The maximum atomic E-state index is 13.8. The van der Waals surface area contributed by atoms with Crippen LogP contribution in [0.25, 0.3) is 0 Å². The summed E-state index contributed by atoms with van der Waals surface area (Å²) in [5.74, 6) is -8.06. The van der Waals surface area contributed by atoms with Gasteiger partial charge in [-0.3, -0.25) is 14.9 Å². The molecule has 1 heterocycles. The zero-order chi connectivity index (χ0) is 19.6. The van der Waals surface area contributed by atoms with Gasteiger partial charge in [-0.05, 0) is 32.9 Å². The van der Waals surface area contributed by atoms with Crippen LogP contribution >= 0.6 is 0 Å². The Labute approximate surface area is 145 Å². The second-order valence-corrected chi connectivity index (χ2v) is 5.19. The predicted octanol–water partition coefficient (Wildman–Crippen LogP) is 3.64. The van der Waals surface area contributed by atoms with Crippen molar-refractivity contribution in [1.29, 1.82) is 0 Å². The molecule has 1 aromatic heterocycles. The molecule has 0 bridgehead atoms. The molecule has 26 heavy (non-hydrogen) atoms. The van der Waals surface area contributed by atoms with Crippen molar-refractivity contribution in [3.63, 3.8) is 0 Å². The number of benzene rings is 1. The largest absolute Gasteiger partial charge is 0.462 e. The van der Waals surface area contributed by atoms with Crippen LogP contribution in [0.15, 0.2) is 16.5 Å². The Kier molecular flexibility index (Phi) is 5.49. The molecular formula is C17H14F3NO5. The summed E-state index contributed by atoms with van der Waals surface area (Å²) in [4.78, 5) is 36.1. The molecule has 0 atom stereocenters. The summed E-state index contributed by atoms with van der Waals surface area (Å²) < 4.78 is 50.1. The number of hydrogen-bond donors (Lipinski definition) is 1. The quantitative estimate of drug-likeness (QED) is 0.494. The lowest BCUT2D eigenvalue weighted by atomic mass is 10.1. The Balaban J connectivity index is 2.48. The van der Waals surface area contributed by atoms with Crippen LogP contribution in [0.4, 0.5) is 19.1 Å². The van der Waals surface area contributed by atoms with Crippen molar-refractivity contribution < 1.29 is 36.7 Å². The third-order valence-electron chi connectivity index (χ3n) is 3.42. The second kappa shape index (κ2) is 7.42. The van der Waals surface area contributed by atoms with Gasteiger partial charge in [0, 0.05) is 0 Å². The van der Waals surface area contributed by atoms with Crippen molar-refractivity contribution >= 4 is 23.5 Å². The minimum Gasteiger partial charge on any atom is -0.462 e. The van der Waals surface area contributed by atoms with E-state index >= 15 is 0 Å². The van der Waals surface area contributed by atoms with Gasteiger partial charge in [0.05, 0.1) is 17.7 Å². The number of carbonyl (C=O) groups excluding carboxylic acids is 3. The third-order valence-corrected chi connectivity index (χ3v) is 3.42. The number of ketones is 1. The van der Waals surface area contributed by atoms with E-state index in [1.807, 2.05) is 0 Å². The fraction of sp³-hybridized carbons (Fsp3) is 0.235. The topological polar surface area (TPSA) is 85.6 Å². The summed E-state index contributed by atoms with van der Waals surface area (Å²) in [5, 5.41) is 2.08. The summed E-state index contributed by atoms with van der Waals surface area (Å²) in [6, 6.07) is 1.31. The van der Waals surface area contributed by atoms with Crippen molar-refractivity contribution in [3.8, 4) is 0 Å². The summed E-state index contributed by atoms with van der Waals surface area (Å²) in [5.41, 5.74) is -1.25. The number of halogens is 3. The molecule has 0 radical (unpaired) electrons. The molecular weight excluding hydrogens is 355 g/mol. The van der Waals surface area contributed by atoms with Crippen molar-refractivity contribution in [2.45, 2.75) is 20.8 Å². The van der Waals surface area contributed by atoms with Gasteiger partial charge in [0.2, 0.25) is 5.88 Å². The highest BCUT2D eigenvalue weighted by molar-refractivity contribution is 6.12. The molecule has 0 aliphatic carbocycles. The highest BCUT2D eigenvalue weighted by atomic mass is 19.2. The van der Waals surface area contributed by atoms with Gasteiger partial charge in [-0.2, -0.15) is 0 Å². The monoisotopic (exact) mass is 369 g/mol. The molecule has 1 amide bonds. The number of Topliss-reactive ketones (excluding diaryl/α,β-unsaturated/α-hetero) is 1. The number of carbonyl (C=O) groups is 3. The maximum absolute atomic E-state index is 13.8. The fourth-order valence-corrected chi connectivity index (χ4v) is 2.33. The lowest BCUT2D eigenvalue weighted by molar-refractivity contribution is 0.0524. The molecule has 0 spiro atoms. The number of ether oxygens (including phenoxy) is 1. The molecule has 0 aliphatic heterocycles. The number of hydrogen-bond acceptors (Lipinski definition) is 5. The van der Waals surface area contributed by atoms with E-state index in [1.165, 1.54) is 20.8 Å². The smallest absolute Gasteiger partial charge is 0.344 e. The Morgan fingerprint density at radius 2 is 1.77 bits per heavy atom. The Bertz CT molecular complexity index is 904. The van der Waals surface area contributed by atoms with Crippen LogP contribution in [0.5, 0.6) is 0 Å². The van der Waals surface area contributed by atoms with Crippen molar-refractivity contribution in [1.82, 2.24) is 0 Å². The van der Waals surface area contributed by atoms with Crippen LogP contribution in [-0.2, 0) is 4.74 Å². The number of aryl methyl sites for hydroxylation is 1. The van der Waals surface area contributed by atoms with E-state index in [1.54, 1.807) is 0 Å². The first-order chi connectivity index (χ1) is 12.2. The average molecular weight is 369 g/mol. The van der Waals surface area contributed by atoms with E-state index in [4.69, 9.17) is 9.15 Å². The lowest BCUT2D eigenvalue weighted by Gasteiger charge is -2.07. The Morgan fingerprint density at radius 1 is 1.12 bits per heavy atom. The van der Waals surface area contributed by atoms with Gasteiger partial charge >= 0.3 is 5.97 Å². The van der Waals surface area contributed by atoms with E-state index in [-0.39, 0.29) is 23.5 Å². The van der Waals surface area contributed by atoms with Gasteiger partial charge < -0.3 is 9.15 Å². The SMILES string of the molecule is CCOC(=O)c1c(NC(=O)c2ccc(F)c(F)c2F)oc(C)c1C(C)=O. The number of esters is 1. The Morgan fingerprint density at radius 3 is 2.35 bits per heavy atom. The van der Waals surface area contributed by atoms with E-state index < -0.39 is 46.6 Å². The molecule has 0 fully saturated rings. The summed E-state index contributed by atoms with van der Waals surface area (Å²) in [6.45, 7) is 4.09. The first-order valence-corrected chi connectivity index (χ1v) is 7.45. The number of amides is 1. The normalized spacial score (nSPS) is 10.5.